The molecule has 1 amide bonds. The van der Waals surface area contributed by atoms with E-state index in [1.54, 1.807) is 30.0 Å². The second kappa shape index (κ2) is 9.50. The van der Waals surface area contributed by atoms with E-state index < -0.39 is 0 Å². The smallest absolute Gasteiger partial charge is 0.278 e. The number of nitrogens with one attached hydrogen (secondary N) is 1. The molecule has 0 saturated carbocycles. The van der Waals surface area contributed by atoms with Gasteiger partial charge in [0.1, 0.15) is 16.7 Å². The predicted molar refractivity (Wildman–Crippen MR) is 138 cm³/mol. The van der Waals surface area contributed by atoms with Gasteiger partial charge in [-0.3, -0.25) is 14.0 Å². The van der Waals surface area contributed by atoms with Gasteiger partial charge in [0.05, 0.1) is 13.7 Å². The van der Waals surface area contributed by atoms with Gasteiger partial charge in [-0.2, -0.15) is 0 Å². The van der Waals surface area contributed by atoms with Crippen molar-refractivity contribution in [2.75, 3.05) is 12.8 Å². The molecule has 180 valence electrons. The van der Waals surface area contributed by atoms with E-state index in [-0.39, 0.29) is 22.8 Å². The van der Waals surface area contributed by atoms with Gasteiger partial charge in [-0.05, 0) is 42.3 Å². The summed E-state index contributed by atoms with van der Waals surface area (Å²) in [5.41, 5.74) is 10.3. The number of fused-ring (bicyclic) bond motifs is 2. The molecule has 0 saturated heterocycles. The molecule has 0 aliphatic carbocycles. The lowest BCUT2D eigenvalue weighted by atomic mass is 10.1. The summed E-state index contributed by atoms with van der Waals surface area (Å²) in [6, 6.07) is 22.4. The summed E-state index contributed by atoms with van der Waals surface area (Å²) in [5.74, 6) is 0.602. The molecular weight excluding hydrogens is 454 g/mol. The number of anilines is 1. The number of rotatable bonds is 6. The molecule has 0 fully saturated rings. The number of carbonyl (C=O) groups is 1. The van der Waals surface area contributed by atoms with E-state index in [1.165, 1.54) is 4.40 Å². The minimum Gasteiger partial charge on any atom is -0.497 e. The molecule has 0 atom stereocenters. The lowest BCUT2D eigenvalue weighted by Gasteiger charge is -2.13. The molecule has 0 spiro atoms. The van der Waals surface area contributed by atoms with Gasteiger partial charge in [0.25, 0.3) is 17.1 Å². The minimum absolute atomic E-state index is 0.221. The third-order valence-corrected chi connectivity index (χ3v) is 6.22. The summed E-state index contributed by atoms with van der Waals surface area (Å²) in [7, 11) is 1.60. The molecule has 5 aromatic rings. The highest BCUT2D eigenvalue weighted by Crippen LogP contribution is 2.17. The summed E-state index contributed by atoms with van der Waals surface area (Å²) in [5, 5.41) is 3.23. The minimum atomic E-state index is -0.374. The van der Waals surface area contributed by atoms with E-state index >= 15 is 0 Å². The highest BCUT2D eigenvalue weighted by Gasteiger charge is 2.25. The van der Waals surface area contributed by atoms with E-state index in [2.05, 4.69) is 5.32 Å². The van der Waals surface area contributed by atoms with E-state index in [0.717, 1.165) is 22.4 Å². The standard InChI is InChI=1S/C28H25N5O3/c1-18-7-6-14-32-25(18)31-26-23(28(32)35)15-22(24(29)33(26)17-20-8-4-3-5-9-20)27(34)30-16-19-10-12-21(36-2)13-11-19/h3-15,29H,16-17H2,1-2H3,(H,30,34)/p+1. The number of amides is 1. The average Bonchev–Trinajstić information content (AvgIpc) is 2.90. The normalized spacial score (nSPS) is 11.1. The zero-order valence-corrected chi connectivity index (χ0v) is 20.1. The SMILES string of the molecule is COc1ccc(CNC(=O)c2cc3c(=O)n4cccc(C)c4nc3[n+](Cc3ccccc3)c2N)cc1. The summed E-state index contributed by atoms with van der Waals surface area (Å²) >= 11 is 0. The molecule has 0 unspecified atom stereocenters. The van der Waals surface area contributed by atoms with Crippen molar-refractivity contribution in [2.45, 2.75) is 20.0 Å². The predicted octanol–water partition coefficient (Wildman–Crippen LogP) is 3.01. The number of aromatic nitrogens is 3. The highest BCUT2D eigenvalue weighted by molar-refractivity contribution is 6.00. The van der Waals surface area contributed by atoms with Crippen LogP contribution in [0.1, 0.15) is 27.0 Å². The van der Waals surface area contributed by atoms with E-state index in [0.29, 0.717) is 29.8 Å². The summed E-state index contributed by atoms with van der Waals surface area (Å²) in [4.78, 5) is 31.6. The van der Waals surface area contributed by atoms with Crippen LogP contribution in [0.5, 0.6) is 5.75 Å². The number of pyridine rings is 2. The third kappa shape index (κ3) is 4.24. The molecule has 0 aliphatic heterocycles. The lowest BCUT2D eigenvalue weighted by molar-refractivity contribution is -0.649. The first-order valence-electron chi connectivity index (χ1n) is 11.6. The summed E-state index contributed by atoms with van der Waals surface area (Å²) in [6.07, 6.45) is 1.68. The van der Waals surface area contributed by atoms with Crippen LogP contribution in [0, 0.1) is 6.92 Å². The van der Waals surface area contributed by atoms with Crippen LogP contribution >= 0.6 is 0 Å². The van der Waals surface area contributed by atoms with Crippen LogP contribution in [0.15, 0.2) is 83.8 Å². The average molecular weight is 481 g/mol. The van der Waals surface area contributed by atoms with Crippen LogP contribution in [-0.2, 0) is 13.1 Å². The van der Waals surface area contributed by atoms with Gasteiger partial charge in [-0.15, -0.1) is 0 Å². The molecule has 5 rings (SSSR count). The van der Waals surface area contributed by atoms with Crippen molar-refractivity contribution in [3.8, 4) is 5.75 Å². The van der Waals surface area contributed by atoms with Crippen LogP contribution in [0.25, 0.3) is 16.7 Å². The molecule has 0 bridgehead atoms. The number of hydrogen-bond donors (Lipinski definition) is 2. The van der Waals surface area contributed by atoms with Crippen molar-refractivity contribution >= 4 is 28.4 Å². The first kappa shape index (κ1) is 23.0. The van der Waals surface area contributed by atoms with E-state index in [1.807, 2.05) is 67.6 Å². The molecule has 3 aromatic heterocycles. The number of benzene rings is 2. The Labute approximate surface area is 207 Å². The van der Waals surface area contributed by atoms with Crippen LogP contribution < -0.4 is 25.9 Å². The fourth-order valence-corrected chi connectivity index (χ4v) is 4.24. The van der Waals surface area contributed by atoms with Crippen LogP contribution in [-0.4, -0.2) is 22.4 Å². The number of ether oxygens (including phenoxy) is 1. The van der Waals surface area contributed by atoms with Crippen molar-refractivity contribution in [1.29, 1.82) is 0 Å². The highest BCUT2D eigenvalue weighted by atomic mass is 16.5. The molecule has 36 heavy (non-hydrogen) atoms. The molecule has 8 nitrogen and oxygen atoms in total. The molecule has 2 aromatic carbocycles. The Bertz CT molecular complexity index is 1640. The topological polar surface area (TPSA) is 103 Å². The Morgan fingerprint density at radius 3 is 2.53 bits per heavy atom. The Kier molecular flexibility index (Phi) is 6.08. The van der Waals surface area contributed by atoms with Gasteiger partial charge in [-0.25, -0.2) is 4.57 Å². The number of aryl methyl sites for hydroxylation is 1. The van der Waals surface area contributed by atoms with Crippen molar-refractivity contribution < 1.29 is 14.1 Å². The number of nitrogens with two attached hydrogens (primary N) is 1. The van der Waals surface area contributed by atoms with Crippen LogP contribution in [0.2, 0.25) is 0 Å². The number of carbonyl (C=O) groups excluding carboxylic acids is 1. The van der Waals surface area contributed by atoms with Crippen LogP contribution in [0.4, 0.5) is 5.82 Å². The van der Waals surface area contributed by atoms with Crippen molar-refractivity contribution in [3.05, 3.63) is 112 Å². The van der Waals surface area contributed by atoms with E-state index in [4.69, 9.17) is 15.5 Å². The number of methoxy groups -OCH3 is 1. The zero-order valence-electron chi connectivity index (χ0n) is 20.1. The van der Waals surface area contributed by atoms with E-state index in [9.17, 15) is 9.59 Å². The van der Waals surface area contributed by atoms with Gasteiger partial charge in [-0.1, -0.05) is 53.5 Å². The maximum absolute atomic E-state index is 13.5. The van der Waals surface area contributed by atoms with Crippen molar-refractivity contribution in [3.63, 3.8) is 0 Å². The van der Waals surface area contributed by atoms with Gasteiger partial charge < -0.3 is 15.8 Å². The second-order valence-electron chi connectivity index (χ2n) is 8.58. The number of nitrogens with zero attached hydrogens (tertiary/aromatic N) is 3. The quantitative estimate of drug-likeness (QED) is 0.287. The fraction of sp³-hybridized carbons (Fsp3) is 0.143. The Morgan fingerprint density at radius 2 is 1.81 bits per heavy atom. The van der Waals surface area contributed by atoms with Crippen LogP contribution in [0.3, 0.4) is 0 Å². The maximum Gasteiger partial charge on any atom is 0.278 e. The molecular formula is C28H26N5O3+. The van der Waals surface area contributed by atoms with Crippen molar-refractivity contribution in [2.24, 2.45) is 0 Å². The molecule has 8 heteroatoms. The zero-order chi connectivity index (χ0) is 25.2. The fourth-order valence-electron chi connectivity index (χ4n) is 4.24. The number of hydrogen-bond acceptors (Lipinski definition) is 5. The Morgan fingerprint density at radius 1 is 1.06 bits per heavy atom. The second-order valence-corrected chi connectivity index (χ2v) is 8.58. The van der Waals surface area contributed by atoms with Gasteiger partial charge in [0, 0.05) is 18.3 Å². The number of nitrogen functional groups attached to an aromatic ring is 1. The van der Waals surface area contributed by atoms with Crippen molar-refractivity contribution in [1.82, 2.24) is 14.7 Å². The molecule has 3 heterocycles. The lowest BCUT2D eigenvalue weighted by Crippen LogP contribution is -2.43. The maximum atomic E-state index is 13.5. The molecule has 0 aliphatic rings. The monoisotopic (exact) mass is 480 g/mol. The summed E-state index contributed by atoms with van der Waals surface area (Å²) < 4.78 is 8.42. The van der Waals surface area contributed by atoms with Gasteiger partial charge >= 0.3 is 0 Å². The summed E-state index contributed by atoms with van der Waals surface area (Å²) in [6.45, 7) is 2.56. The third-order valence-electron chi connectivity index (χ3n) is 6.22. The Hall–Kier alpha value is -4.72. The first-order valence-corrected chi connectivity index (χ1v) is 11.6. The molecule has 3 N–H and O–H groups in total. The Balaban J connectivity index is 1.63. The van der Waals surface area contributed by atoms with Gasteiger partial charge in [0.2, 0.25) is 11.5 Å². The largest absolute Gasteiger partial charge is 0.497 e. The van der Waals surface area contributed by atoms with Gasteiger partial charge in [0.15, 0.2) is 0 Å². The first-order chi connectivity index (χ1) is 17.5. The molecule has 0 radical (unpaired) electrons.